The Hall–Kier alpha value is -0.810. The van der Waals surface area contributed by atoms with Crippen LogP contribution < -0.4 is 11.5 Å². The summed E-state index contributed by atoms with van der Waals surface area (Å²) in [7, 11) is 0. The number of amides is 2. The molecule has 0 bridgehead atoms. The third kappa shape index (κ3) is 3.20. The molecule has 1 aliphatic rings. The van der Waals surface area contributed by atoms with E-state index in [-0.39, 0.29) is 12.1 Å². The molecule has 0 spiro atoms. The monoisotopic (exact) mass is 187 g/mol. The zero-order valence-electron chi connectivity index (χ0n) is 7.74. The van der Waals surface area contributed by atoms with Crippen molar-refractivity contribution in [3.05, 3.63) is 0 Å². The van der Waals surface area contributed by atoms with Crippen LogP contribution in [0.15, 0.2) is 0 Å². The lowest BCUT2D eigenvalue weighted by Crippen LogP contribution is -2.43. The van der Waals surface area contributed by atoms with Gasteiger partial charge in [0.25, 0.3) is 0 Å². The van der Waals surface area contributed by atoms with Crippen LogP contribution in [0.2, 0.25) is 0 Å². The molecule has 0 radical (unpaired) electrons. The van der Waals surface area contributed by atoms with E-state index in [1.807, 2.05) is 0 Å². The van der Waals surface area contributed by atoms with Crippen LogP contribution in [0.5, 0.6) is 0 Å². The van der Waals surface area contributed by atoms with Crippen LogP contribution in [0.3, 0.4) is 0 Å². The van der Waals surface area contributed by atoms with E-state index in [9.17, 15) is 4.79 Å². The van der Waals surface area contributed by atoms with Gasteiger partial charge in [0.05, 0.1) is 12.7 Å². The van der Waals surface area contributed by atoms with E-state index >= 15 is 0 Å². The van der Waals surface area contributed by atoms with E-state index in [4.69, 9.17) is 16.2 Å². The summed E-state index contributed by atoms with van der Waals surface area (Å²) < 4.78 is 5.46. The average molecular weight is 187 g/mol. The number of rotatable bonds is 3. The fraction of sp³-hybridized carbons (Fsp3) is 0.875. The van der Waals surface area contributed by atoms with Crippen LogP contribution in [0.4, 0.5) is 4.79 Å². The molecule has 1 heterocycles. The van der Waals surface area contributed by atoms with Gasteiger partial charge in [-0.25, -0.2) is 4.79 Å². The number of ether oxygens (including phenoxy) is 1. The maximum atomic E-state index is 10.8. The zero-order chi connectivity index (χ0) is 9.68. The second-order valence-electron chi connectivity index (χ2n) is 3.18. The Morgan fingerprint density at radius 1 is 1.46 bits per heavy atom. The van der Waals surface area contributed by atoms with Crippen molar-refractivity contribution in [2.75, 3.05) is 26.2 Å². The van der Waals surface area contributed by atoms with Crippen molar-refractivity contribution in [2.24, 2.45) is 11.5 Å². The van der Waals surface area contributed by atoms with Gasteiger partial charge in [0.1, 0.15) is 0 Å². The summed E-state index contributed by atoms with van der Waals surface area (Å²) in [5.74, 6) is 0. The first kappa shape index (κ1) is 10.3. The Balaban J connectivity index is 2.18. The molecule has 76 valence electrons. The Morgan fingerprint density at radius 2 is 2.08 bits per heavy atom. The molecule has 5 heteroatoms. The largest absolute Gasteiger partial charge is 0.377 e. The molecule has 1 fully saturated rings. The minimum absolute atomic E-state index is 0.249. The number of carbonyl (C=O) groups is 1. The number of carbonyl (C=O) groups excluding carboxylic acids is 1. The molecule has 1 rings (SSSR count). The van der Waals surface area contributed by atoms with E-state index in [1.165, 1.54) is 0 Å². The number of primary amides is 1. The highest BCUT2D eigenvalue weighted by Gasteiger charge is 2.20. The molecule has 1 aliphatic heterocycles. The van der Waals surface area contributed by atoms with Gasteiger partial charge < -0.3 is 21.1 Å². The third-order valence-corrected chi connectivity index (χ3v) is 2.23. The van der Waals surface area contributed by atoms with Crippen molar-refractivity contribution in [3.63, 3.8) is 0 Å². The van der Waals surface area contributed by atoms with Gasteiger partial charge in [-0.3, -0.25) is 0 Å². The van der Waals surface area contributed by atoms with Crippen molar-refractivity contribution >= 4 is 6.03 Å². The highest BCUT2D eigenvalue weighted by Crippen LogP contribution is 2.12. The van der Waals surface area contributed by atoms with Crippen molar-refractivity contribution in [1.29, 1.82) is 0 Å². The van der Waals surface area contributed by atoms with Crippen molar-refractivity contribution in [3.8, 4) is 0 Å². The molecule has 4 N–H and O–H groups in total. The summed E-state index contributed by atoms with van der Waals surface area (Å²) >= 11 is 0. The van der Waals surface area contributed by atoms with E-state index in [0.717, 1.165) is 12.8 Å². The lowest BCUT2D eigenvalue weighted by atomic mass is 10.1. The summed E-state index contributed by atoms with van der Waals surface area (Å²) in [6.45, 7) is 2.55. The minimum Gasteiger partial charge on any atom is -0.377 e. The first-order chi connectivity index (χ1) is 6.24. The van der Waals surface area contributed by atoms with Gasteiger partial charge >= 0.3 is 6.03 Å². The van der Waals surface area contributed by atoms with Gasteiger partial charge in [-0.2, -0.15) is 0 Å². The summed E-state index contributed by atoms with van der Waals surface area (Å²) in [6.07, 6.45) is 1.98. The Morgan fingerprint density at radius 3 is 2.54 bits per heavy atom. The first-order valence-corrected chi connectivity index (χ1v) is 4.60. The molecular weight excluding hydrogens is 170 g/mol. The number of likely N-dealkylation sites (tertiary alicyclic amines) is 1. The lowest BCUT2D eigenvalue weighted by Gasteiger charge is -2.30. The summed E-state index contributed by atoms with van der Waals surface area (Å²) in [4.78, 5) is 12.4. The van der Waals surface area contributed by atoms with Gasteiger partial charge in [0, 0.05) is 19.6 Å². The zero-order valence-corrected chi connectivity index (χ0v) is 7.74. The average Bonchev–Trinajstić information content (AvgIpc) is 2.15. The van der Waals surface area contributed by atoms with Crippen LogP contribution in [-0.4, -0.2) is 43.3 Å². The van der Waals surface area contributed by atoms with E-state index in [1.54, 1.807) is 4.90 Å². The molecular formula is C8H17N3O2. The second kappa shape index (κ2) is 5.04. The van der Waals surface area contributed by atoms with Crippen LogP contribution in [0, 0.1) is 0 Å². The molecule has 0 aliphatic carbocycles. The molecule has 0 unspecified atom stereocenters. The van der Waals surface area contributed by atoms with Crippen LogP contribution >= 0.6 is 0 Å². The van der Waals surface area contributed by atoms with Crippen LogP contribution in [0.25, 0.3) is 0 Å². The molecule has 0 saturated carbocycles. The predicted molar refractivity (Wildman–Crippen MR) is 49.2 cm³/mol. The fourth-order valence-corrected chi connectivity index (χ4v) is 1.48. The van der Waals surface area contributed by atoms with Gasteiger partial charge in [-0.15, -0.1) is 0 Å². The predicted octanol–water partition coefficient (Wildman–Crippen LogP) is -0.495. The molecule has 0 aromatic heterocycles. The Bertz CT molecular complexity index is 167. The number of hydrogen-bond acceptors (Lipinski definition) is 3. The summed E-state index contributed by atoms with van der Waals surface area (Å²) in [6, 6.07) is -0.336. The number of urea groups is 1. The van der Waals surface area contributed by atoms with Crippen LogP contribution in [-0.2, 0) is 4.74 Å². The normalized spacial score (nSPS) is 19.0. The number of nitrogens with two attached hydrogens (primary N) is 2. The maximum Gasteiger partial charge on any atom is 0.314 e. The Kier molecular flexibility index (Phi) is 3.98. The molecule has 1 saturated heterocycles. The van der Waals surface area contributed by atoms with Gasteiger partial charge in [-0.1, -0.05) is 0 Å². The summed E-state index contributed by atoms with van der Waals surface area (Å²) in [5.41, 5.74) is 10.5. The van der Waals surface area contributed by atoms with Crippen LogP contribution in [0.1, 0.15) is 12.8 Å². The minimum atomic E-state index is -0.336. The molecule has 5 nitrogen and oxygen atoms in total. The SMILES string of the molecule is NCCOC1CCN(C(N)=O)CC1. The third-order valence-electron chi connectivity index (χ3n) is 2.23. The van der Waals surface area contributed by atoms with E-state index in [0.29, 0.717) is 26.2 Å². The van der Waals surface area contributed by atoms with Gasteiger partial charge in [0.15, 0.2) is 0 Å². The summed E-state index contributed by atoms with van der Waals surface area (Å²) in [5, 5.41) is 0. The number of nitrogens with zero attached hydrogens (tertiary/aromatic N) is 1. The number of hydrogen-bond donors (Lipinski definition) is 2. The number of piperidine rings is 1. The second-order valence-corrected chi connectivity index (χ2v) is 3.18. The van der Waals surface area contributed by atoms with E-state index < -0.39 is 0 Å². The molecule has 0 atom stereocenters. The van der Waals surface area contributed by atoms with E-state index in [2.05, 4.69) is 0 Å². The molecule has 0 aromatic carbocycles. The van der Waals surface area contributed by atoms with Crippen molar-refractivity contribution in [2.45, 2.75) is 18.9 Å². The highest BCUT2D eigenvalue weighted by atomic mass is 16.5. The van der Waals surface area contributed by atoms with Crippen molar-refractivity contribution < 1.29 is 9.53 Å². The fourth-order valence-electron chi connectivity index (χ4n) is 1.48. The molecule has 13 heavy (non-hydrogen) atoms. The topological polar surface area (TPSA) is 81.6 Å². The Labute approximate surface area is 78.0 Å². The quantitative estimate of drug-likeness (QED) is 0.625. The lowest BCUT2D eigenvalue weighted by molar-refractivity contribution is 0.0198. The van der Waals surface area contributed by atoms with Gasteiger partial charge in [0.2, 0.25) is 0 Å². The maximum absolute atomic E-state index is 10.8. The first-order valence-electron chi connectivity index (χ1n) is 4.60. The smallest absolute Gasteiger partial charge is 0.314 e. The van der Waals surface area contributed by atoms with Gasteiger partial charge in [-0.05, 0) is 12.8 Å². The molecule has 2 amide bonds. The standard InChI is InChI=1S/C8H17N3O2/c9-3-6-13-7-1-4-11(5-2-7)8(10)12/h7H,1-6,9H2,(H2,10,12). The molecule has 0 aromatic rings. The highest BCUT2D eigenvalue weighted by molar-refractivity contribution is 5.72. The van der Waals surface area contributed by atoms with Crippen molar-refractivity contribution in [1.82, 2.24) is 4.90 Å².